The maximum absolute atomic E-state index is 11.1. The van der Waals surface area contributed by atoms with E-state index in [4.69, 9.17) is 5.73 Å². The number of benzene rings is 1. The van der Waals surface area contributed by atoms with E-state index in [9.17, 15) is 4.79 Å². The topological polar surface area (TPSA) is 73.8 Å². The maximum Gasteiger partial charge on any atom is 0.230 e. The summed E-state index contributed by atoms with van der Waals surface area (Å²) < 4.78 is 1.90. The van der Waals surface area contributed by atoms with Gasteiger partial charge >= 0.3 is 0 Å². The SMILES string of the molecule is CC(Sc1nnc(Cc2ccccc2)n1C)C(N)=O. The lowest BCUT2D eigenvalue weighted by Gasteiger charge is -2.07. The van der Waals surface area contributed by atoms with E-state index in [1.54, 1.807) is 6.92 Å². The van der Waals surface area contributed by atoms with Crippen LogP contribution >= 0.6 is 11.8 Å². The average Bonchev–Trinajstić information content (AvgIpc) is 2.73. The van der Waals surface area contributed by atoms with Gasteiger partial charge in [-0.2, -0.15) is 0 Å². The normalized spacial score (nSPS) is 12.3. The molecule has 5 nitrogen and oxygen atoms in total. The van der Waals surface area contributed by atoms with Gasteiger partial charge < -0.3 is 10.3 Å². The van der Waals surface area contributed by atoms with Crippen molar-refractivity contribution in [3.8, 4) is 0 Å². The number of thioether (sulfide) groups is 1. The van der Waals surface area contributed by atoms with Crippen molar-refractivity contribution in [3.05, 3.63) is 41.7 Å². The van der Waals surface area contributed by atoms with Crippen LogP contribution in [-0.2, 0) is 18.3 Å². The Morgan fingerprint density at radius 3 is 2.68 bits per heavy atom. The third kappa shape index (κ3) is 3.35. The Hall–Kier alpha value is -1.82. The summed E-state index contributed by atoms with van der Waals surface area (Å²) in [4.78, 5) is 11.1. The first-order valence-electron chi connectivity index (χ1n) is 5.96. The van der Waals surface area contributed by atoms with Gasteiger partial charge in [0.15, 0.2) is 5.16 Å². The van der Waals surface area contributed by atoms with Gasteiger partial charge in [-0.3, -0.25) is 4.79 Å². The Morgan fingerprint density at radius 2 is 2.05 bits per heavy atom. The molecule has 0 bridgehead atoms. The standard InChI is InChI=1S/C13H16N4OS/c1-9(12(14)18)19-13-16-15-11(17(13)2)8-10-6-4-3-5-7-10/h3-7,9H,8H2,1-2H3,(H2,14,18). The van der Waals surface area contributed by atoms with Crippen LogP contribution < -0.4 is 5.73 Å². The van der Waals surface area contributed by atoms with Crippen molar-refractivity contribution in [2.75, 3.05) is 0 Å². The zero-order valence-electron chi connectivity index (χ0n) is 10.9. The van der Waals surface area contributed by atoms with Crippen LogP contribution in [0.4, 0.5) is 0 Å². The Kier molecular flexibility index (Phi) is 4.21. The van der Waals surface area contributed by atoms with E-state index in [2.05, 4.69) is 10.2 Å². The van der Waals surface area contributed by atoms with Crippen molar-refractivity contribution in [1.29, 1.82) is 0 Å². The summed E-state index contributed by atoms with van der Waals surface area (Å²) in [6.07, 6.45) is 0.718. The summed E-state index contributed by atoms with van der Waals surface area (Å²) in [5.41, 5.74) is 6.43. The van der Waals surface area contributed by atoms with Crippen molar-refractivity contribution in [2.45, 2.75) is 23.8 Å². The van der Waals surface area contributed by atoms with Gasteiger partial charge in [0.05, 0.1) is 5.25 Å². The molecule has 0 radical (unpaired) electrons. The highest BCUT2D eigenvalue weighted by atomic mass is 32.2. The van der Waals surface area contributed by atoms with Gasteiger partial charge in [0, 0.05) is 13.5 Å². The average molecular weight is 276 g/mol. The molecular weight excluding hydrogens is 260 g/mol. The van der Waals surface area contributed by atoms with Gasteiger partial charge in [-0.05, 0) is 12.5 Å². The fourth-order valence-electron chi connectivity index (χ4n) is 1.60. The molecule has 1 aromatic heterocycles. The summed E-state index contributed by atoms with van der Waals surface area (Å²) in [6.45, 7) is 1.76. The lowest BCUT2D eigenvalue weighted by molar-refractivity contribution is -0.117. The molecule has 2 aromatic rings. The minimum absolute atomic E-state index is 0.313. The number of carbonyl (C=O) groups excluding carboxylic acids is 1. The molecular formula is C13H16N4OS. The second-order valence-corrected chi connectivity index (χ2v) is 5.59. The van der Waals surface area contributed by atoms with Gasteiger partial charge in [-0.1, -0.05) is 42.1 Å². The fourth-order valence-corrected chi connectivity index (χ4v) is 2.38. The molecule has 0 saturated carbocycles. The third-order valence-electron chi connectivity index (χ3n) is 2.81. The Labute approximate surface area is 116 Å². The van der Waals surface area contributed by atoms with Crippen LogP contribution in [0.5, 0.6) is 0 Å². The number of nitrogens with two attached hydrogens (primary N) is 1. The monoisotopic (exact) mass is 276 g/mol. The molecule has 0 fully saturated rings. The molecule has 0 aliphatic rings. The molecule has 1 aromatic carbocycles. The van der Waals surface area contributed by atoms with Crippen molar-refractivity contribution in [3.63, 3.8) is 0 Å². The van der Waals surface area contributed by atoms with E-state index in [1.807, 2.05) is 41.9 Å². The molecule has 0 spiro atoms. The zero-order chi connectivity index (χ0) is 13.8. The van der Waals surface area contributed by atoms with E-state index in [1.165, 1.54) is 17.3 Å². The number of primary amides is 1. The molecule has 1 unspecified atom stereocenters. The van der Waals surface area contributed by atoms with Crippen LogP contribution in [0.1, 0.15) is 18.3 Å². The molecule has 0 aliphatic heterocycles. The lowest BCUT2D eigenvalue weighted by atomic mass is 10.1. The first-order chi connectivity index (χ1) is 9.08. The Balaban J connectivity index is 2.12. The van der Waals surface area contributed by atoms with Gasteiger partial charge in [-0.25, -0.2) is 0 Å². The second-order valence-electron chi connectivity index (χ2n) is 4.28. The molecule has 0 aliphatic carbocycles. The minimum Gasteiger partial charge on any atom is -0.369 e. The van der Waals surface area contributed by atoms with E-state index >= 15 is 0 Å². The smallest absolute Gasteiger partial charge is 0.230 e. The van der Waals surface area contributed by atoms with Gasteiger partial charge in [0.1, 0.15) is 5.82 Å². The molecule has 2 N–H and O–H groups in total. The molecule has 19 heavy (non-hydrogen) atoms. The number of hydrogen-bond donors (Lipinski definition) is 1. The highest BCUT2D eigenvalue weighted by Gasteiger charge is 2.16. The van der Waals surface area contributed by atoms with Crippen LogP contribution in [0.15, 0.2) is 35.5 Å². The van der Waals surface area contributed by atoms with E-state index in [0.717, 1.165) is 12.2 Å². The Morgan fingerprint density at radius 1 is 1.37 bits per heavy atom. The minimum atomic E-state index is -0.349. The second kappa shape index (κ2) is 5.88. The molecule has 0 saturated heterocycles. The largest absolute Gasteiger partial charge is 0.369 e. The van der Waals surface area contributed by atoms with Crippen molar-refractivity contribution < 1.29 is 4.79 Å². The van der Waals surface area contributed by atoms with Crippen LogP contribution in [-0.4, -0.2) is 25.9 Å². The summed E-state index contributed by atoms with van der Waals surface area (Å²) >= 11 is 1.32. The summed E-state index contributed by atoms with van der Waals surface area (Å²) in [6, 6.07) is 10.1. The maximum atomic E-state index is 11.1. The predicted octanol–water partition coefficient (Wildman–Crippen LogP) is 1.37. The number of aromatic nitrogens is 3. The molecule has 1 amide bonds. The molecule has 1 heterocycles. The van der Waals surface area contributed by atoms with Crippen LogP contribution in [0, 0.1) is 0 Å². The van der Waals surface area contributed by atoms with Gasteiger partial charge in [0.25, 0.3) is 0 Å². The molecule has 100 valence electrons. The molecule has 1 atom stereocenters. The number of amides is 1. The van der Waals surface area contributed by atoms with E-state index < -0.39 is 0 Å². The quantitative estimate of drug-likeness (QED) is 0.837. The summed E-state index contributed by atoms with van der Waals surface area (Å²) in [7, 11) is 1.90. The lowest BCUT2D eigenvalue weighted by Crippen LogP contribution is -2.23. The van der Waals surface area contributed by atoms with Crippen molar-refractivity contribution in [2.24, 2.45) is 12.8 Å². The van der Waals surface area contributed by atoms with Crippen LogP contribution in [0.3, 0.4) is 0 Å². The first-order valence-corrected chi connectivity index (χ1v) is 6.84. The number of hydrogen-bond acceptors (Lipinski definition) is 4. The molecule has 6 heteroatoms. The highest BCUT2D eigenvalue weighted by Crippen LogP contribution is 2.21. The zero-order valence-corrected chi connectivity index (χ0v) is 11.7. The van der Waals surface area contributed by atoms with E-state index in [-0.39, 0.29) is 11.2 Å². The third-order valence-corrected chi connectivity index (χ3v) is 3.97. The van der Waals surface area contributed by atoms with E-state index in [0.29, 0.717) is 5.16 Å². The predicted molar refractivity (Wildman–Crippen MR) is 74.8 cm³/mol. The van der Waals surface area contributed by atoms with Crippen molar-refractivity contribution >= 4 is 17.7 Å². The number of rotatable bonds is 5. The Bertz CT molecular complexity index is 567. The molecule has 2 rings (SSSR count). The number of nitrogens with zero attached hydrogens (tertiary/aromatic N) is 3. The van der Waals surface area contributed by atoms with Gasteiger partial charge in [0.2, 0.25) is 5.91 Å². The van der Waals surface area contributed by atoms with Crippen molar-refractivity contribution in [1.82, 2.24) is 14.8 Å². The van der Waals surface area contributed by atoms with Gasteiger partial charge in [-0.15, -0.1) is 10.2 Å². The fraction of sp³-hybridized carbons (Fsp3) is 0.308. The highest BCUT2D eigenvalue weighted by molar-refractivity contribution is 8.00. The van der Waals surface area contributed by atoms with Crippen LogP contribution in [0.25, 0.3) is 0 Å². The van der Waals surface area contributed by atoms with Crippen LogP contribution in [0.2, 0.25) is 0 Å². The number of carbonyl (C=O) groups is 1. The summed E-state index contributed by atoms with van der Waals surface area (Å²) in [5, 5.41) is 8.66. The summed E-state index contributed by atoms with van der Waals surface area (Å²) in [5.74, 6) is 0.517. The first kappa shape index (κ1) is 13.6.